The second-order valence-electron chi connectivity index (χ2n) is 11.8. The summed E-state index contributed by atoms with van der Waals surface area (Å²) in [4.78, 5) is 50.6. The van der Waals surface area contributed by atoms with Crippen molar-refractivity contribution in [3.8, 4) is 0 Å². The van der Waals surface area contributed by atoms with Crippen LogP contribution in [0.5, 0.6) is 0 Å². The van der Waals surface area contributed by atoms with Gasteiger partial charge in [-0.25, -0.2) is 0 Å². The van der Waals surface area contributed by atoms with Gasteiger partial charge in [-0.05, 0) is 68.1 Å². The zero-order valence-electron chi connectivity index (χ0n) is 21.6. The van der Waals surface area contributed by atoms with Crippen molar-refractivity contribution in [2.75, 3.05) is 18.4 Å². The maximum Gasteiger partial charge on any atom is 0.306 e. The van der Waals surface area contributed by atoms with Crippen molar-refractivity contribution in [3.63, 3.8) is 0 Å². The van der Waals surface area contributed by atoms with Crippen LogP contribution in [0, 0.1) is 16.7 Å². The monoisotopic (exact) mass is 497 g/mol. The molecule has 2 heterocycles. The molecule has 196 valence electrons. The highest BCUT2D eigenvalue weighted by Gasteiger charge is 2.52. The molecular weight excluding hydrogens is 458 g/mol. The van der Waals surface area contributed by atoms with Crippen LogP contribution in [0.2, 0.25) is 0 Å². The molecule has 0 spiro atoms. The van der Waals surface area contributed by atoms with E-state index < -0.39 is 11.4 Å². The number of carbonyl (C=O) groups is 4. The Hall–Kier alpha value is -2.90. The Labute approximate surface area is 213 Å². The van der Waals surface area contributed by atoms with Crippen molar-refractivity contribution >= 4 is 29.4 Å². The van der Waals surface area contributed by atoms with Crippen LogP contribution < -0.4 is 10.6 Å². The molecule has 1 saturated carbocycles. The first-order valence-corrected chi connectivity index (χ1v) is 13.2. The lowest BCUT2D eigenvalue weighted by molar-refractivity contribution is -0.157. The summed E-state index contributed by atoms with van der Waals surface area (Å²) in [7, 11) is 0. The summed E-state index contributed by atoms with van der Waals surface area (Å²) < 4.78 is 0. The van der Waals surface area contributed by atoms with E-state index in [1.165, 1.54) is 0 Å². The van der Waals surface area contributed by atoms with E-state index in [0.29, 0.717) is 38.8 Å². The van der Waals surface area contributed by atoms with Gasteiger partial charge in [-0.3, -0.25) is 24.5 Å². The van der Waals surface area contributed by atoms with Crippen molar-refractivity contribution < 1.29 is 24.3 Å². The fraction of sp³-hybridized carbons (Fsp3) is 0.643. The lowest BCUT2D eigenvalue weighted by atomic mass is 9.57. The number of rotatable bonds is 5. The molecule has 0 aromatic heterocycles. The summed E-state index contributed by atoms with van der Waals surface area (Å²) in [6.07, 6.45) is 5.30. The van der Waals surface area contributed by atoms with Gasteiger partial charge in [0.2, 0.25) is 17.7 Å². The lowest BCUT2D eigenvalue weighted by Gasteiger charge is -2.50. The molecule has 0 unspecified atom stereocenters. The first-order valence-electron chi connectivity index (χ1n) is 13.2. The Kier molecular flexibility index (Phi) is 7.43. The van der Waals surface area contributed by atoms with E-state index >= 15 is 0 Å². The summed E-state index contributed by atoms with van der Waals surface area (Å²) in [5.74, 6) is -1.64. The number of nitrogens with one attached hydrogen (secondary N) is 2. The van der Waals surface area contributed by atoms with Crippen LogP contribution in [0.25, 0.3) is 0 Å². The molecule has 1 atom stereocenters. The van der Waals surface area contributed by atoms with Crippen molar-refractivity contribution in [1.82, 2.24) is 10.2 Å². The zero-order valence-corrected chi connectivity index (χ0v) is 21.6. The van der Waals surface area contributed by atoms with Crippen LogP contribution in [0.1, 0.15) is 83.6 Å². The van der Waals surface area contributed by atoms with Crippen molar-refractivity contribution in [1.29, 1.82) is 0 Å². The minimum atomic E-state index is -0.760. The number of carboxylic acid groups (broad SMARTS) is 1. The van der Waals surface area contributed by atoms with Gasteiger partial charge in [0, 0.05) is 31.2 Å². The topological polar surface area (TPSA) is 116 Å². The number of likely N-dealkylation sites (tertiary alicyclic amines) is 1. The van der Waals surface area contributed by atoms with Crippen LogP contribution >= 0.6 is 0 Å². The number of hydrogen-bond acceptors (Lipinski definition) is 5. The van der Waals surface area contributed by atoms with Crippen LogP contribution in [0.3, 0.4) is 0 Å². The molecule has 3 amide bonds. The SMILES string of the molecule is CC(C)(C)[C@]1(C(=O)N2CCC(C(=O)O)CC2)CC[C@H](Nc2ccc([C@@H]3CCC(=O)NC3=O)cc2)CC1. The van der Waals surface area contributed by atoms with E-state index in [9.17, 15) is 24.3 Å². The van der Waals surface area contributed by atoms with Gasteiger partial charge in [-0.1, -0.05) is 32.9 Å². The predicted molar refractivity (Wildman–Crippen MR) is 136 cm³/mol. The number of aliphatic carboxylic acids is 1. The third-order valence-corrected chi connectivity index (χ3v) is 8.74. The average Bonchev–Trinajstić information content (AvgIpc) is 2.84. The van der Waals surface area contributed by atoms with Crippen LogP contribution in [0.4, 0.5) is 5.69 Å². The van der Waals surface area contributed by atoms with E-state index in [4.69, 9.17) is 0 Å². The van der Waals surface area contributed by atoms with Gasteiger partial charge in [-0.2, -0.15) is 0 Å². The van der Waals surface area contributed by atoms with Crippen molar-refractivity contribution in [2.45, 2.75) is 84.1 Å². The number of carbonyl (C=O) groups excluding carboxylic acids is 3. The summed E-state index contributed by atoms with van der Waals surface area (Å²) in [6, 6.07) is 8.14. The fourth-order valence-corrected chi connectivity index (χ4v) is 6.23. The number of carboxylic acids is 1. The molecule has 2 aliphatic heterocycles. The maximum atomic E-state index is 13.8. The molecular formula is C28H39N3O5. The Bertz CT molecular complexity index is 997. The second-order valence-corrected chi connectivity index (χ2v) is 11.8. The number of anilines is 1. The van der Waals surface area contributed by atoms with Gasteiger partial charge >= 0.3 is 5.97 Å². The van der Waals surface area contributed by atoms with Crippen LogP contribution in [-0.2, 0) is 19.2 Å². The van der Waals surface area contributed by atoms with E-state index in [1.54, 1.807) is 0 Å². The molecule has 1 aromatic carbocycles. The summed E-state index contributed by atoms with van der Waals surface area (Å²) in [6.45, 7) is 7.49. The maximum absolute atomic E-state index is 13.8. The Morgan fingerprint density at radius 3 is 2.14 bits per heavy atom. The summed E-state index contributed by atoms with van der Waals surface area (Å²) in [5.41, 5.74) is 1.26. The molecule has 0 radical (unpaired) electrons. The normalized spacial score (nSPS) is 27.9. The number of benzene rings is 1. The third-order valence-electron chi connectivity index (χ3n) is 8.74. The van der Waals surface area contributed by atoms with Gasteiger partial charge < -0.3 is 15.3 Å². The number of piperidine rings is 2. The third kappa shape index (κ3) is 5.27. The summed E-state index contributed by atoms with van der Waals surface area (Å²) >= 11 is 0. The zero-order chi connectivity index (χ0) is 26.1. The standard InChI is InChI=1S/C28H39N3O5/c1-27(2,3)28(26(36)31-16-12-19(13-17-31)25(34)35)14-10-21(11-15-28)29-20-6-4-18(5-7-20)22-8-9-23(32)30-24(22)33/h4-7,19,21-22,29H,8-17H2,1-3H3,(H,34,35)(H,30,32,33)/t21-,22-,28+/m0/s1. The highest BCUT2D eigenvalue weighted by atomic mass is 16.4. The first-order chi connectivity index (χ1) is 17.0. The van der Waals surface area contributed by atoms with Gasteiger partial charge in [-0.15, -0.1) is 0 Å². The highest BCUT2D eigenvalue weighted by molar-refractivity contribution is 6.00. The van der Waals surface area contributed by atoms with E-state index in [1.807, 2.05) is 29.2 Å². The number of nitrogens with zero attached hydrogens (tertiary/aromatic N) is 1. The summed E-state index contributed by atoms with van der Waals surface area (Å²) in [5, 5.41) is 15.3. The minimum Gasteiger partial charge on any atom is -0.481 e. The van der Waals surface area contributed by atoms with Crippen molar-refractivity contribution in [3.05, 3.63) is 29.8 Å². The molecule has 2 saturated heterocycles. The smallest absolute Gasteiger partial charge is 0.306 e. The van der Waals surface area contributed by atoms with Gasteiger partial charge in [0.25, 0.3) is 0 Å². The molecule has 3 aliphatic rings. The van der Waals surface area contributed by atoms with Gasteiger partial charge in [0.1, 0.15) is 0 Å². The highest BCUT2D eigenvalue weighted by Crippen LogP contribution is 2.51. The van der Waals surface area contributed by atoms with Gasteiger partial charge in [0.15, 0.2) is 0 Å². The molecule has 8 heteroatoms. The molecule has 3 fully saturated rings. The molecule has 36 heavy (non-hydrogen) atoms. The Balaban J connectivity index is 1.37. The lowest BCUT2D eigenvalue weighted by Crippen LogP contribution is -2.55. The quantitative estimate of drug-likeness (QED) is 0.531. The van der Waals surface area contributed by atoms with Crippen LogP contribution in [0.15, 0.2) is 24.3 Å². The average molecular weight is 498 g/mol. The first kappa shape index (κ1) is 26.2. The minimum absolute atomic E-state index is 0.186. The number of imide groups is 1. The number of amides is 3. The molecule has 1 aromatic rings. The predicted octanol–water partition coefficient (Wildman–Crippen LogP) is 3.92. The van der Waals surface area contributed by atoms with Crippen LogP contribution in [-0.4, -0.2) is 52.8 Å². The molecule has 3 N–H and O–H groups in total. The molecule has 4 rings (SSSR count). The second kappa shape index (κ2) is 10.2. The van der Waals surface area contributed by atoms with E-state index in [-0.39, 0.29) is 41.0 Å². The Morgan fingerprint density at radius 2 is 1.61 bits per heavy atom. The molecule has 8 nitrogen and oxygen atoms in total. The van der Waals surface area contributed by atoms with E-state index in [0.717, 1.165) is 36.9 Å². The van der Waals surface area contributed by atoms with E-state index in [2.05, 4.69) is 31.4 Å². The van der Waals surface area contributed by atoms with Gasteiger partial charge in [0.05, 0.1) is 17.3 Å². The van der Waals surface area contributed by atoms with Crippen molar-refractivity contribution in [2.24, 2.45) is 16.7 Å². The number of hydrogen-bond donors (Lipinski definition) is 3. The Morgan fingerprint density at radius 1 is 1.00 bits per heavy atom. The fourth-order valence-electron chi connectivity index (χ4n) is 6.23. The molecule has 0 bridgehead atoms. The largest absolute Gasteiger partial charge is 0.481 e. The molecule has 1 aliphatic carbocycles.